The Balaban J connectivity index is 1.31. The van der Waals surface area contributed by atoms with Crippen molar-refractivity contribution in [1.29, 1.82) is 0 Å². The highest BCUT2D eigenvalue weighted by Gasteiger charge is 2.56. The van der Waals surface area contributed by atoms with Crippen molar-refractivity contribution in [3.63, 3.8) is 0 Å². The molecule has 0 spiro atoms. The van der Waals surface area contributed by atoms with Crippen molar-refractivity contribution in [2.24, 2.45) is 5.41 Å². The van der Waals surface area contributed by atoms with E-state index < -0.39 is 0 Å². The van der Waals surface area contributed by atoms with Crippen LogP contribution in [0.5, 0.6) is 0 Å². The van der Waals surface area contributed by atoms with Crippen molar-refractivity contribution in [3.8, 4) is 45.3 Å². The molecule has 0 amide bonds. The highest BCUT2D eigenvalue weighted by Crippen LogP contribution is 2.61. The van der Waals surface area contributed by atoms with Gasteiger partial charge in [-0.25, -0.2) is 15.0 Å². The van der Waals surface area contributed by atoms with E-state index in [0.29, 0.717) is 17.5 Å². The third-order valence-corrected chi connectivity index (χ3v) is 11.6. The van der Waals surface area contributed by atoms with E-state index in [4.69, 9.17) is 15.0 Å². The first-order valence-electron chi connectivity index (χ1n) is 16.5. The zero-order valence-electron chi connectivity index (χ0n) is 28.0. The predicted molar refractivity (Wildman–Crippen MR) is 196 cm³/mol. The molecule has 0 atom stereocenters. The van der Waals surface area contributed by atoms with E-state index >= 15 is 0 Å². The molecule has 230 valence electrons. The highest BCUT2D eigenvalue weighted by molar-refractivity contribution is 5.97. The van der Waals surface area contributed by atoms with Gasteiger partial charge >= 0.3 is 0 Å². The second-order valence-corrected chi connectivity index (χ2v) is 14.6. The lowest BCUT2D eigenvalue weighted by atomic mass is 9.59. The Labute approximate surface area is 277 Å². The Bertz CT molecular complexity index is 2240. The third kappa shape index (κ3) is 4.44. The molecule has 1 aliphatic rings. The maximum atomic E-state index is 5.16. The topological polar surface area (TPSA) is 38.7 Å². The molecule has 3 nitrogen and oxygen atoms in total. The van der Waals surface area contributed by atoms with Crippen molar-refractivity contribution < 1.29 is 0 Å². The summed E-state index contributed by atoms with van der Waals surface area (Å²) < 4.78 is 0. The van der Waals surface area contributed by atoms with Gasteiger partial charge in [-0.1, -0.05) is 163 Å². The van der Waals surface area contributed by atoms with Crippen LogP contribution in [-0.2, 0) is 10.8 Å². The molecular weight excluding hydrogens is 571 g/mol. The average molecular weight is 610 g/mol. The van der Waals surface area contributed by atoms with Gasteiger partial charge in [0.1, 0.15) is 0 Å². The Morgan fingerprint density at radius 1 is 0.383 bits per heavy atom. The summed E-state index contributed by atoms with van der Waals surface area (Å²) in [7, 11) is 0. The molecule has 1 heterocycles. The zero-order valence-corrected chi connectivity index (χ0v) is 28.0. The molecule has 47 heavy (non-hydrogen) atoms. The van der Waals surface area contributed by atoms with Crippen molar-refractivity contribution in [2.75, 3.05) is 0 Å². The normalized spacial score (nSPS) is 16.0. The van der Waals surface area contributed by atoms with Crippen molar-refractivity contribution in [1.82, 2.24) is 15.0 Å². The molecule has 6 aromatic carbocycles. The summed E-state index contributed by atoms with van der Waals surface area (Å²) in [6.07, 6.45) is 0. The lowest BCUT2D eigenvalue weighted by Crippen LogP contribution is -2.42. The number of benzene rings is 6. The van der Waals surface area contributed by atoms with Gasteiger partial charge in [-0.2, -0.15) is 0 Å². The molecule has 7 aromatic rings. The second kappa shape index (κ2) is 10.4. The zero-order chi connectivity index (χ0) is 32.6. The Kier molecular flexibility index (Phi) is 6.50. The van der Waals surface area contributed by atoms with Gasteiger partial charge in [0.15, 0.2) is 17.5 Å². The molecule has 1 aromatic heterocycles. The first-order valence-corrected chi connectivity index (χ1v) is 16.5. The number of rotatable bonds is 4. The molecule has 3 heteroatoms. The van der Waals surface area contributed by atoms with Crippen LogP contribution in [0.2, 0.25) is 0 Å². The molecule has 0 saturated carbocycles. The number of hydrogen-bond donors (Lipinski definition) is 0. The number of hydrogen-bond acceptors (Lipinski definition) is 3. The van der Waals surface area contributed by atoms with E-state index in [9.17, 15) is 0 Å². The summed E-state index contributed by atoms with van der Waals surface area (Å²) in [5.74, 6) is 2.00. The van der Waals surface area contributed by atoms with Gasteiger partial charge in [0.2, 0.25) is 0 Å². The van der Waals surface area contributed by atoms with Gasteiger partial charge in [-0.3, -0.25) is 0 Å². The van der Waals surface area contributed by atoms with Crippen LogP contribution in [0.1, 0.15) is 52.7 Å². The van der Waals surface area contributed by atoms with Gasteiger partial charge in [-0.15, -0.1) is 0 Å². The summed E-state index contributed by atoms with van der Waals surface area (Å²) >= 11 is 0. The molecule has 0 unspecified atom stereocenters. The monoisotopic (exact) mass is 609 g/mol. The van der Waals surface area contributed by atoms with Crippen LogP contribution in [0.25, 0.3) is 66.8 Å². The summed E-state index contributed by atoms with van der Waals surface area (Å²) in [5, 5.41) is 4.56. The summed E-state index contributed by atoms with van der Waals surface area (Å²) in [4.78, 5) is 15.5. The maximum Gasteiger partial charge on any atom is 0.164 e. The van der Waals surface area contributed by atoms with E-state index in [0.717, 1.165) is 43.8 Å². The first-order chi connectivity index (χ1) is 22.6. The van der Waals surface area contributed by atoms with Crippen LogP contribution in [0.3, 0.4) is 0 Å². The van der Waals surface area contributed by atoms with E-state index in [1.54, 1.807) is 0 Å². The quantitative estimate of drug-likeness (QED) is 0.199. The fourth-order valence-electron chi connectivity index (χ4n) is 7.67. The van der Waals surface area contributed by atoms with Crippen molar-refractivity contribution >= 4 is 21.5 Å². The maximum absolute atomic E-state index is 5.16. The van der Waals surface area contributed by atoms with Crippen LogP contribution < -0.4 is 0 Å². The van der Waals surface area contributed by atoms with Crippen LogP contribution >= 0.6 is 0 Å². The van der Waals surface area contributed by atoms with Crippen LogP contribution in [-0.4, -0.2) is 15.0 Å². The van der Waals surface area contributed by atoms with E-state index in [-0.39, 0.29) is 16.2 Å². The molecule has 1 aliphatic carbocycles. The first kappa shape index (κ1) is 29.3. The Morgan fingerprint density at radius 2 is 0.851 bits per heavy atom. The molecule has 0 aliphatic heterocycles. The standard InChI is InChI=1S/C44H39N3/c1-42(2)37-25-24-31(27-38(37)43(3,4)44(42,5)6)30-18-11-19-32(26-30)39-45-40(35-22-12-16-28-14-7-9-20-33(28)35)47-41(46-39)36-23-13-17-29-15-8-10-21-34(29)36/h7-27H,1-6H3. The molecule has 0 N–H and O–H groups in total. The fraction of sp³-hybridized carbons (Fsp3) is 0.205. The lowest BCUT2D eigenvalue weighted by molar-refractivity contribution is 0.125. The Hall–Kier alpha value is -5.15. The minimum Gasteiger partial charge on any atom is -0.208 e. The van der Waals surface area contributed by atoms with Crippen LogP contribution in [0, 0.1) is 5.41 Å². The highest BCUT2D eigenvalue weighted by atomic mass is 15.0. The van der Waals surface area contributed by atoms with E-state index in [1.807, 2.05) is 0 Å². The van der Waals surface area contributed by atoms with Gasteiger partial charge in [0.05, 0.1) is 0 Å². The fourth-order valence-corrected chi connectivity index (χ4v) is 7.67. The van der Waals surface area contributed by atoms with Crippen molar-refractivity contribution in [2.45, 2.75) is 52.4 Å². The summed E-state index contributed by atoms with van der Waals surface area (Å²) in [6, 6.07) is 45.2. The van der Waals surface area contributed by atoms with Crippen molar-refractivity contribution in [3.05, 3.63) is 139 Å². The molecule has 0 fully saturated rings. The third-order valence-electron chi connectivity index (χ3n) is 11.6. The number of aromatic nitrogens is 3. The summed E-state index contributed by atoms with van der Waals surface area (Å²) in [5.41, 5.74) is 8.44. The largest absolute Gasteiger partial charge is 0.208 e. The minimum absolute atomic E-state index is 0.0361. The van der Waals surface area contributed by atoms with E-state index in [1.165, 1.54) is 16.7 Å². The second-order valence-electron chi connectivity index (χ2n) is 14.6. The average Bonchev–Trinajstić information content (AvgIpc) is 3.20. The van der Waals surface area contributed by atoms with Gasteiger partial charge < -0.3 is 0 Å². The molecular formula is C44H39N3. The van der Waals surface area contributed by atoms with Crippen LogP contribution in [0.15, 0.2) is 127 Å². The van der Waals surface area contributed by atoms with E-state index in [2.05, 4.69) is 169 Å². The smallest absolute Gasteiger partial charge is 0.164 e. The number of fused-ring (bicyclic) bond motifs is 3. The predicted octanol–water partition coefficient (Wildman–Crippen LogP) is 11.4. The van der Waals surface area contributed by atoms with Gasteiger partial charge in [-0.05, 0) is 66.1 Å². The molecule has 8 rings (SSSR count). The Morgan fingerprint density at radius 3 is 1.47 bits per heavy atom. The molecule has 0 radical (unpaired) electrons. The minimum atomic E-state index is 0.0361. The summed E-state index contributed by atoms with van der Waals surface area (Å²) in [6.45, 7) is 14.4. The lowest BCUT2D eigenvalue weighted by Gasteiger charge is -2.44. The SMILES string of the molecule is CC1(C)c2ccc(-c3cccc(-c4nc(-c5cccc6ccccc56)nc(-c5cccc6ccccc56)n4)c3)cc2C(C)(C)C1(C)C. The number of nitrogens with zero attached hydrogens (tertiary/aromatic N) is 3. The molecule has 0 bridgehead atoms. The van der Waals surface area contributed by atoms with Crippen LogP contribution in [0.4, 0.5) is 0 Å². The van der Waals surface area contributed by atoms with Gasteiger partial charge in [0.25, 0.3) is 0 Å². The van der Waals surface area contributed by atoms with Gasteiger partial charge in [0, 0.05) is 16.7 Å². The molecule has 0 saturated heterocycles.